The summed E-state index contributed by atoms with van der Waals surface area (Å²) in [5, 5.41) is 0.693. The summed E-state index contributed by atoms with van der Waals surface area (Å²) in [6, 6.07) is 11.2. The fourth-order valence-corrected chi connectivity index (χ4v) is 1.83. The molecule has 1 aromatic heterocycles. The van der Waals surface area contributed by atoms with Crippen LogP contribution < -0.4 is 0 Å². The van der Waals surface area contributed by atoms with E-state index in [9.17, 15) is 4.79 Å². The summed E-state index contributed by atoms with van der Waals surface area (Å²) >= 11 is 5.85. The van der Waals surface area contributed by atoms with Gasteiger partial charge in [-0.25, -0.2) is 0 Å². The second kappa shape index (κ2) is 5.89. The van der Waals surface area contributed by atoms with Gasteiger partial charge in [-0.1, -0.05) is 25.4 Å². The second-order valence-corrected chi connectivity index (χ2v) is 5.06. The van der Waals surface area contributed by atoms with Crippen LogP contribution in [-0.4, -0.2) is 6.29 Å². The van der Waals surface area contributed by atoms with Crippen molar-refractivity contribution in [2.75, 3.05) is 0 Å². The number of hydrogen-bond donors (Lipinski definition) is 0. The highest BCUT2D eigenvalue weighted by Gasteiger charge is 2.06. The third-order valence-electron chi connectivity index (χ3n) is 2.87. The van der Waals surface area contributed by atoms with Gasteiger partial charge in [0.25, 0.3) is 0 Å². The zero-order valence-corrected chi connectivity index (χ0v) is 11.6. The van der Waals surface area contributed by atoms with Crippen molar-refractivity contribution in [1.29, 1.82) is 0 Å². The summed E-state index contributed by atoms with van der Waals surface area (Å²) in [7, 11) is 0. The minimum Gasteiger partial charge on any atom is -0.457 e. The molecule has 0 saturated heterocycles. The minimum atomic E-state index is 0.182. The molecule has 19 heavy (non-hydrogen) atoms. The lowest BCUT2D eigenvalue weighted by atomic mass is 10.0. The van der Waals surface area contributed by atoms with E-state index in [0.717, 1.165) is 23.2 Å². The van der Waals surface area contributed by atoms with Gasteiger partial charge in [0.2, 0.25) is 0 Å². The molecule has 0 radical (unpaired) electrons. The van der Waals surface area contributed by atoms with Crippen LogP contribution in [0.1, 0.15) is 19.6 Å². The van der Waals surface area contributed by atoms with Crippen LogP contribution in [0.3, 0.4) is 0 Å². The first-order valence-corrected chi connectivity index (χ1v) is 6.50. The van der Waals surface area contributed by atoms with E-state index < -0.39 is 0 Å². The first kappa shape index (κ1) is 13.6. The van der Waals surface area contributed by atoms with Crippen LogP contribution in [0.5, 0.6) is 0 Å². The van der Waals surface area contributed by atoms with Crippen LogP contribution >= 0.6 is 11.6 Å². The van der Waals surface area contributed by atoms with Crippen LogP contribution in [0, 0.1) is 5.92 Å². The number of furan rings is 1. The Balaban J connectivity index is 2.29. The van der Waals surface area contributed by atoms with Crippen molar-refractivity contribution in [2.24, 2.45) is 5.92 Å². The topological polar surface area (TPSA) is 30.2 Å². The van der Waals surface area contributed by atoms with Crippen LogP contribution in [0.4, 0.5) is 0 Å². The van der Waals surface area contributed by atoms with E-state index in [2.05, 4.69) is 0 Å². The predicted octanol–water partition coefficient (Wildman–Crippen LogP) is 4.84. The summed E-state index contributed by atoms with van der Waals surface area (Å²) in [5.41, 5.74) is 1.68. The molecule has 0 saturated carbocycles. The SMILES string of the molecule is CC(C)C(C=O)=Cc1ccc(-c2ccc(Cl)cc2)o1. The standard InChI is InChI=1S/C16H15ClO2/c1-11(2)13(10-18)9-15-7-8-16(19-15)12-3-5-14(17)6-4-12/h3-11H,1-2H3. The average Bonchev–Trinajstić information content (AvgIpc) is 2.85. The van der Waals surface area contributed by atoms with E-state index in [1.165, 1.54) is 0 Å². The Morgan fingerprint density at radius 3 is 2.42 bits per heavy atom. The number of hydrogen-bond acceptors (Lipinski definition) is 2. The molecule has 2 aromatic rings. The molecule has 0 N–H and O–H groups in total. The lowest BCUT2D eigenvalue weighted by Crippen LogP contribution is -1.94. The Bertz CT molecular complexity index is 591. The van der Waals surface area contributed by atoms with E-state index in [0.29, 0.717) is 10.8 Å². The van der Waals surface area contributed by atoms with Gasteiger partial charge < -0.3 is 4.42 Å². The molecular formula is C16H15ClO2. The lowest BCUT2D eigenvalue weighted by Gasteiger charge is -2.01. The zero-order chi connectivity index (χ0) is 13.8. The largest absolute Gasteiger partial charge is 0.457 e. The maximum atomic E-state index is 10.9. The van der Waals surface area contributed by atoms with Crippen molar-refractivity contribution < 1.29 is 9.21 Å². The van der Waals surface area contributed by atoms with Gasteiger partial charge in [0.05, 0.1) is 0 Å². The molecule has 0 aliphatic rings. The van der Waals surface area contributed by atoms with Crippen LogP contribution in [0.15, 0.2) is 46.4 Å². The molecule has 0 aliphatic carbocycles. The van der Waals surface area contributed by atoms with Gasteiger partial charge in [-0.3, -0.25) is 4.79 Å². The summed E-state index contributed by atoms with van der Waals surface area (Å²) < 4.78 is 5.71. The van der Waals surface area contributed by atoms with Crippen molar-refractivity contribution in [3.63, 3.8) is 0 Å². The highest BCUT2D eigenvalue weighted by Crippen LogP contribution is 2.25. The Morgan fingerprint density at radius 1 is 1.16 bits per heavy atom. The van der Waals surface area contributed by atoms with Crippen LogP contribution in [-0.2, 0) is 4.79 Å². The molecule has 0 spiro atoms. The van der Waals surface area contributed by atoms with Gasteiger partial charge in [0, 0.05) is 10.6 Å². The smallest absolute Gasteiger partial charge is 0.146 e. The molecule has 2 rings (SSSR count). The Morgan fingerprint density at radius 2 is 1.84 bits per heavy atom. The van der Waals surface area contributed by atoms with E-state index in [1.54, 1.807) is 6.08 Å². The first-order valence-electron chi connectivity index (χ1n) is 6.12. The van der Waals surface area contributed by atoms with Crippen LogP contribution in [0.2, 0.25) is 5.02 Å². The quantitative estimate of drug-likeness (QED) is 0.590. The summed E-state index contributed by atoms with van der Waals surface area (Å²) in [5.74, 6) is 1.62. The van der Waals surface area contributed by atoms with Gasteiger partial charge in [-0.2, -0.15) is 0 Å². The van der Waals surface area contributed by atoms with Gasteiger partial charge in [-0.15, -0.1) is 0 Å². The number of benzene rings is 1. The fraction of sp³-hybridized carbons (Fsp3) is 0.188. The average molecular weight is 275 g/mol. The summed E-state index contributed by atoms with van der Waals surface area (Å²) in [6.07, 6.45) is 2.65. The van der Waals surface area contributed by atoms with E-state index >= 15 is 0 Å². The molecule has 0 fully saturated rings. The molecular weight excluding hydrogens is 260 g/mol. The van der Waals surface area contributed by atoms with Gasteiger partial charge in [0.15, 0.2) is 0 Å². The van der Waals surface area contributed by atoms with Gasteiger partial charge >= 0.3 is 0 Å². The van der Waals surface area contributed by atoms with Crippen molar-refractivity contribution in [3.05, 3.63) is 52.8 Å². The normalized spacial score (nSPS) is 11.9. The van der Waals surface area contributed by atoms with E-state index in [1.807, 2.05) is 50.2 Å². The maximum Gasteiger partial charge on any atom is 0.146 e. The van der Waals surface area contributed by atoms with Crippen molar-refractivity contribution in [3.8, 4) is 11.3 Å². The number of allylic oxidation sites excluding steroid dienone is 1. The Kier molecular flexibility index (Phi) is 4.23. The Labute approximate surface area is 117 Å². The molecule has 3 heteroatoms. The number of aldehydes is 1. The van der Waals surface area contributed by atoms with Crippen molar-refractivity contribution in [1.82, 2.24) is 0 Å². The zero-order valence-electron chi connectivity index (χ0n) is 10.9. The molecule has 98 valence electrons. The molecule has 0 bridgehead atoms. The molecule has 1 aromatic carbocycles. The maximum absolute atomic E-state index is 10.9. The second-order valence-electron chi connectivity index (χ2n) is 4.63. The lowest BCUT2D eigenvalue weighted by molar-refractivity contribution is -0.105. The van der Waals surface area contributed by atoms with E-state index in [4.69, 9.17) is 16.0 Å². The first-order chi connectivity index (χ1) is 9.10. The number of carbonyl (C=O) groups excluding carboxylic acids is 1. The fourth-order valence-electron chi connectivity index (χ4n) is 1.70. The predicted molar refractivity (Wildman–Crippen MR) is 78.0 cm³/mol. The monoisotopic (exact) mass is 274 g/mol. The molecule has 0 unspecified atom stereocenters. The van der Waals surface area contributed by atoms with E-state index in [-0.39, 0.29) is 5.92 Å². The number of rotatable bonds is 4. The minimum absolute atomic E-state index is 0.182. The van der Waals surface area contributed by atoms with Crippen LogP contribution in [0.25, 0.3) is 17.4 Å². The van der Waals surface area contributed by atoms with Gasteiger partial charge in [-0.05, 0) is 54.0 Å². The van der Waals surface area contributed by atoms with Crippen molar-refractivity contribution >= 4 is 24.0 Å². The number of halogens is 1. The molecule has 1 heterocycles. The summed E-state index contributed by atoms with van der Waals surface area (Å²) in [6.45, 7) is 3.95. The molecule has 2 nitrogen and oxygen atoms in total. The number of carbonyl (C=O) groups is 1. The molecule has 0 atom stereocenters. The summed E-state index contributed by atoms with van der Waals surface area (Å²) in [4.78, 5) is 10.9. The third kappa shape index (κ3) is 3.36. The van der Waals surface area contributed by atoms with Gasteiger partial charge in [0.1, 0.15) is 17.8 Å². The third-order valence-corrected chi connectivity index (χ3v) is 3.12. The van der Waals surface area contributed by atoms with Crippen molar-refractivity contribution in [2.45, 2.75) is 13.8 Å². The highest BCUT2D eigenvalue weighted by atomic mass is 35.5. The highest BCUT2D eigenvalue weighted by molar-refractivity contribution is 6.30. The molecule has 0 amide bonds. The molecule has 0 aliphatic heterocycles. The Hall–Kier alpha value is -1.80.